The molecule has 106 valence electrons. The van der Waals surface area contributed by atoms with Crippen molar-refractivity contribution >= 4 is 5.97 Å². The monoisotopic (exact) mass is 278 g/mol. The molecule has 0 bridgehead atoms. The maximum atomic E-state index is 13.3. The van der Waals surface area contributed by atoms with Crippen LogP contribution < -0.4 is 0 Å². The number of hydrogen-bond donors (Lipinski definition) is 1. The lowest BCUT2D eigenvalue weighted by atomic mass is 10.1. The summed E-state index contributed by atoms with van der Waals surface area (Å²) in [4.78, 5) is 13.4. The van der Waals surface area contributed by atoms with Gasteiger partial charge in [0.15, 0.2) is 0 Å². The third-order valence-corrected chi connectivity index (χ3v) is 3.39. The van der Waals surface area contributed by atoms with E-state index in [0.717, 1.165) is 0 Å². The highest BCUT2D eigenvalue weighted by atomic mass is 19.1. The van der Waals surface area contributed by atoms with Gasteiger partial charge >= 0.3 is 5.97 Å². The zero-order valence-electron chi connectivity index (χ0n) is 11.0. The standard InChI is InChI=1S/C14H15FN2O3/c1-20-14(19)13-5-11(18)8-17(13)7-9-2-3-12(15)10(4-9)6-16/h2-4,11,13,18H,5,7-8H2,1H3/t11-,13-/m0/s1. The van der Waals surface area contributed by atoms with E-state index in [1.807, 2.05) is 0 Å². The number of nitriles is 1. The molecule has 2 atom stereocenters. The van der Waals surface area contributed by atoms with Gasteiger partial charge in [0.1, 0.15) is 17.9 Å². The van der Waals surface area contributed by atoms with Gasteiger partial charge in [-0.3, -0.25) is 9.69 Å². The quantitative estimate of drug-likeness (QED) is 0.828. The lowest BCUT2D eigenvalue weighted by Crippen LogP contribution is -2.36. The molecule has 1 N–H and O–H groups in total. The number of carbonyl (C=O) groups is 1. The van der Waals surface area contributed by atoms with Crippen LogP contribution >= 0.6 is 0 Å². The summed E-state index contributed by atoms with van der Waals surface area (Å²) in [5.74, 6) is -0.966. The topological polar surface area (TPSA) is 73.6 Å². The van der Waals surface area contributed by atoms with Crippen molar-refractivity contribution in [1.82, 2.24) is 4.90 Å². The molecule has 1 heterocycles. The van der Waals surface area contributed by atoms with Crippen LogP contribution in [0.3, 0.4) is 0 Å². The van der Waals surface area contributed by atoms with Crippen molar-refractivity contribution in [2.24, 2.45) is 0 Å². The number of halogens is 1. The number of aliphatic hydroxyl groups excluding tert-OH is 1. The molecule has 1 aliphatic heterocycles. The molecule has 5 nitrogen and oxygen atoms in total. The molecule has 0 amide bonds. The van der Waals surface area contributed by atoms with Crippen LogP contribution in [0.5, 0.6) is 0 Å². The fraction of sp³-hybridized carbons (Fsp3) is 0.429. The summed E-state index contributed by atoms with van der Waals surface area (Å²) in [6.07, 6.45) is -0.270. The van der Waals surface area contributed by atoms with Gasteiger partial charge in [-0.1, -0.05) is 6.07 Å². The third-order valence-electron chi connectivity index (χ3n) is 3.39. The van der Waals surface area contributed by atoms with Crippen LogP contribution in [0.25, 0.3) is 0 Å². The van der Waals surface area contributed by atoms with Gasteiger partial charge < -0.3 is 9.84 Å². The van der Waals surface area contributed by atoms with Crippen LogP contribution in [0.2, 0.25) is 0 Å². The van der Waals surface area contributed by atoms with Crippen molar-refractivity contribution in [3.8, 4) is 6.07 Å². The summed E-state index contributed by atoms with van der Waals surface area (Å²) in [6.45, 7) is 0.699. The molecule has 0 unspecified atom stereocenters. The summed E-state index contributed by atoms with van der Waals surface area (Å²) in [5.41, 5.74) is 0.683. The average molecular weight is 278 g/mol. The second-order valence-corrected chi connectivity index (χ2v) is 4.78. The Morgan fingerprint density at radius 1 is 1.65 bits per heavy atom. The van der Waals surface area contributed by atoms with Crippen molar-refractivity contribution < 1.29 is 19.0 Å². The van der Waals surface area contributed by atoms with E-state index in [4.69, 9.17) is 10.00 Å². The summed E-state index contributed by atoms with van der Waals surface area (Å²) in [6, 6.07) is 5.52. The first-order valence-corrected chi connectivity index (χ1v) is 6.23. The summed E-state index contributed by atoms with van der Waals surface area (Å²) in [7, 11) is 1.30. The number of rotatable bonds is 3. The molecule has 0 aliphatic carbocycles. The van der Waals surface area contributed by atoms with Crippen molar-refractivity contribution in [3.05, 3.63) is 35.1 Å². The van der Waals surface area contributed by atoms with Crippen LogP contribution in [0.1, 0.15) is 17.5 Å². The highest BCUT2D eigenvalue weighted by Crippen LogP contribution is 2.22. The molecule has 1 aromatic rings. The maximum absolute atomic E-state index is 13.3. The molecule has 0 radical (unpaired) electrons. The predicted molar refractivity (Wildman–Crippen MR) is 68.0 cm³/mol. The van der Waals surface area contributed by atoms with Crippen molar-refractivity contribution in [3.63, 3.8) is 0 Å². The van der Waals surface area contributed by atoms with E-state index in [0.29, 0.717) is 25.1 Å². The number of esters is 1. The Morgan fingerprint density at radius 2 is 2.40 bits per heavy atom. The highest BCUT2D eigenvalue weighted by molar-refractivity contribution is 5.76. The molecule has 0 aromatic heterocycles. The van der Waals surface area contributed by atoms with Gasteiger partial charge in [0.05, 0.1) is 18.8 Å². The zero-order chi connectivity index (χ0) is 14.7. The molecular formula is C14H15FN2O3. The molecule has 1 aromatic carbocycles. The number of ether oxygens (including phenoxy) is 1. The molecule has 0 spiro atoms. The smallest absolute Gasteiger partial charge is 0.323 e. The van der Waals surface area contributed by atoms with Gasteiger partial charge in [0.25, 0.3) is 0 Å². The Hall–Kier alpha value is -1.97. The average Bonchev–Trinajstić information content (AvgIpc) is 2.80. The number of methoxy groups -OCH3 is 1. The Morgan fingerprint density at radius 3 is 3.05 bits per heavy atom. The summed E-state index contributed by atoms with van der Waals surface area (Å²) >= 11 is 0. The van der Waals surface area contributed by atoms with E-state index in [9.17, 15) is 14.3 Å². The predicted octanol–water partition coefficient (Wildman–Crippen LogP) is 0.806. The fourth-order valence-corrected chi connectivity index (χ4v) is 2.43. The minimum atomic E-state index is -0.588. The van der Waals surface area contributed by atoms with Crippen LogP contribution in [0, 0.1) is 17.1 Å². The zero-order valence-corrected chi connectivity index (χ0v) is 11.0. The van der Waals surface area contributed by atoms with Crippen LogP contribution in [0.15, 0.2) is 18.2 Å². The lowest BCUT2D eigenvalue weighted by Gasteiger charge is -2.22. The molecule has 2 rings (SSSR count). The van der Waals surface area contributed by atoms with E-state index in [2.05, 4.69) is 0 Å². The largest absolute Gasteiger partial charge is 0.468 e. The molecule has 6 heteroatoms. The van der Waals surface area contributed by atoms with E-state index in [1.54, 1.807) is 17.0 Å². The molecule has 1 saturated heterocycles. The van der Waals surface area contributed by atoms with Crippen molar-refractivity contribution in [2.45, 2.75) is 25.1 Å². The van der Waals surface area contributed by atoms with Gasteiger partial charge in [-0.2, -0.15) is 5.26 Å². The van der Waals surface area contributed by atoms with Crippen molar-refractivity contribution in [1.29, 1.82) is 5.26 Å². The first-order valence-electron chi connectivity index (χ1n) is 6.23. The van der Waals surface area contributed by atoms with E-state index >= 15 is 0 Å². The Labute approximate surface area is 116 Å². The van der Waals surface area contributed by atoms with E-state index < -0.39 is 23.9 Å². The normalized spacial score (nSPS) is 22.5. The van der Waals surface area contributed by atoms with Gasteiger partial charge in [-0.15, -0.1) is 0 Å². The minimum absolute atomic E-state index is 0.0307. The van der Waals surface area contributed by atoms with Crippen LogP contribution in [-0.4, -0.2) is 41.8 Å². The number of likely N-dealkylation sites (tertiary alicyclic amines) is 1. The molecule has 1 fully saturated rings. The number of hydrogen-bond acceptors (Lipinski definition) is 5. The van der Waals surface area contributed by atoms with Crippen LogP contribution in [-0.2, 0) is 16.1 Å². The molecule has 1 aliphatic rings. The maximum Gasteiger partial charge on any atom is 0.323 e. The van der Waals surface area contributed by atoms with E-state index in [1.165, 1.54) is 19.2 Å². The Bertz CT molecular complexity index is 556. The van der Waals surface area contributed by atoms with Gasteiger partial charge in [0.2, 0.25) is 0 Å². The number of benzene rings is 1. The molecule has 20 heavy (non-hydrogen) atoms. The number of aliphatic hydroxyl groups is 1. The minimum Gasteiger partial charge on any atom is -0.468 e. The van der Waals surface area contributed by atoms with Gasteiger partial charge in [-0.25, -0.2) is 4.39 Å². The second-order valence-electron chi connectivity index (χ2n) is 4.78. The Balaban J connectivity index is 2.16. The second kappa shape index (κ2) is 5.99. The van der Waals surface area contributed by atoms with E-state index in [-0.39, 0.29) is 5.56 Å². The number of carbonyl (C=O) groups excluding carboxylic acids is 1. The van der Waals surface area contributed by atoms with Crippen LogP contribution in [0.4, 0.5) is 4.39 Å². The van der Waals surface area contributed by atoms with Gasteiger partial charge in [-0.05, 0) is 17.7 Å². The van der Waals surface area contributed by atoms with Crippen molar-refractivity contribution in [2.75, 3.05) is 13.7 Å². The summed E-state index contributed by atoms with van der Waals surface area (Å²) in [5, 5.41) is 18.5. The molecular weight excluding hydrogens is 263 g/mol. The fourth-order valence-electron chi connectivity index (χ4n) is 2.43. The van der Waals surface area contributed by atoms with Gasteiger partial charge in [0, 0.05) is 19.5 Å². The first-order chi connectivity index (χ1) is 9.55. The number of β-amino-alcohol motifs (C(OH)–C–C–N with tert-alkyl or cyclic N) is 1. The molecule has 0 saturated carbocycles. The lowest BCUT2D eigenvalue weighted by molar-refractivity contribution is -0.146. The Kier molecular flexibility index (Phi) is 4.32. The first kappa shape index (κ1) is 14.4. The highest BCUT2D eigenvalue weighted by Gasteiger charge is 2.36. The SMILES string of the molecule is COC(=O)[C@@H]1C[C@H](O)CN1Cc1ccc(F)c(C#N)c1. The summed E-state index contributed by atoms with van der Waals surface area (Å²) < 4.78 is 18.0. The number of nitrogens with zero attached hydrogens (tertiary/aromatic N) is 2. The third kappa shape index (κ3) is 2.95.